The Morgan fingerprint density at radius 3 is 0.795 bits per heavy atom. The summed E-state index contributed by atoms with van der Waals surface area (Å²) in [5, 5.41) is 0. The van der Waals surface area contributed by atoms with Crippen molar-refractivity contribution in [3.63, 3.8) is 0 Å². The van der Waals surface area contributed by atoms with Crippen LogP contribution in [0.25, 0.3) is 0 Å². The number of allylic oxidation sites excluding steroid dienone is 22. The van der Waals surface area contributed by atoms with Crippen molar-refractivity contribution in [3.8, 4) is 0 Å². The van der Waals surface area contributed by atoms with Crippen LogP contribution in [0.1, 0.15) is 284 Å². The van der Waals surface area contributed by atoms with Crippen molar-refractivity contribution in [1.29, 1.82) is 0 Å². The number of rotatable bonds is 57. The van der Waals surface area contributed by atoms with Gasteiger partial charge in [0.15, 0.2) is 6.10 Å². The molecule has 0 aliphatic rings. The van der Waals surface area contributed by atoms with E-state index < -0.39 is 6.10 Å². The summed E-state index contributed by atoms with van der Waals surface area (Å²) in [5.41, 5.74) is 0. The Kier molecular flexibility index (Phi) is 61.4. The van der Waals surface area contributed by atoms with E-state index in [0.29, 0.717) is 19.3 Å². The van der Waals surface area contributed by atoms with Gasteiger partial charge in [0.1, 0.15) is 13.2 Å². The molecule has 78 heavy (non-hydrogen) atoms. The van der Waals surface area contributed by atoms with E-state index in [1.165, 1.54) is 109 Å². The monoisotopic (exact) mass is 1080 g/mol. The number of hydrogen-bond donors (Lipinski definition) is 0. The summed E-state index contributed by atoms with van der Waals surface area (Å²) >= 11 is 0. The molecule has 6 heteroatoms. The summed E-state index contributed by atoms with van der Waals surface area (Å²) in [6, 6.07) is 0. The van der Waals surface area contributed by atoms with Crippen LogP contribution in [0, 0.1) is 0 Å². The van der Waals surface area contributed by atoms with E-state index in [0.717, 1.165) is 135 Å². The van der Waals surface area contributed by atoms with E-state index in [-0.39, 0.29) is 31.1 Å². The summed E-state index contributed by atoms with van der Waals surface area (Å²) < 4.78 is 16.8. The molecule has 0 rings (SSSR count). The van der Waals surface area contributed by atoms with E-state index in [9.17, 15) is 14.4 Å². The Balaban J connectivity index is 4.20. The van der Waals surface area contributed by atoms with Crippen LogP contribution in [0.5, 0.6) is 0 Å². The lowest BCUT2D eigenvalue weighted by atomic mass is 10.1. The normalized spacial score (nSPS) is 13.0. The fourth-order valence-electron chi connectivity index (χ4n) is 8.58. The third kappa shape index (κ3) is 62.4. The number of ether oxygens (including phenoxy) is 3. The number of unbranched alkanes of at least 4 members (excludes halogenated alkanes) is 24. The number of esters is 3. The van der Waals surface area contributed by atoms with Crippen molar-refractivity contribution < 1.29 is 28.6 Å². The van der Waals surface area contributed by atoms with Crippen molar-refractivity contribution >= 4 is 17.9 Å². The molecule has 0 spiro atoms. The second kappa shape index (κ2) is 65.1. The van der Waals surface area contributed by atoms with Crippen LogP contribution < -0.4 is 0 Å². The molecule has 0 N–H and O–H groups in total. The standard InChI is InChI=1S/C72H118O6/c1-4-7-10-13-16-18-20-22-24-26-28-29-30-31-32-33-34-35-36-37-38-39-40-41-42-43-44-46-47-49-51-53-56-59-62-65-71(74)77-68-69(67-76-70(73)64-61-58-55-15-12-9-6-3)78-72(75)66-63-60-57-54-52-50-48-45-27-25-23-21-19-17-14-11-8-5-2/h7,10,16,18,22,24-25,27-29,31-32,34-35,37-38,40-41,43-44,47,49,69H,4-6,8-9,11-15,17,19-21,23,26,30,33,36,39,42,45-46,48,50-68H2,1-3H3/b10-7-,18-16-,24-22-,27-25-,29-28-,32-31-,35-34-,38-37-,41-40-,44-43-,49-47-. The third-order valence-electron chi connectivity index (χ3n) is 13.4. The first-order valence-corrected chi connectivity index (χ1v) is 32.2. The Labute approximate surface area is 481 Å². The van der Waals surface area contributed by atoms with Gasteiger partial charge in [-0.3, -0.25) is 14.4 Å². The molecule has 1 atom stereocenters. The Morgan fingerprint density at radius 2 is 0.500 bits per heavy atom. The Hall–Kier alpha value is -4.45. The molecule has 0 radical (unpaired) electrons. The zero-order valence-electron chi connectivity index (χ0n) is 50.6. The first-order valence-electron chi connectivity index (χ1n) is 32.2. The minimum absolute atomic E-state index is 0.0891. The summed E-state index contributed by atoms with van der Waals surface area (Å²) in [6.07, 6.45) is 92.0. The van der Waals surface area contributed by atoms with E-state index in [2.05, 4.69) is 154 Å². The quantitative estimate of drug-likeness (QED) is 0.0261. The van der Waals surface area contributed by atoms with Crippen LogP contribution in [0.3, 0.4) is 0 Å². The molecule has 0 bridgehead atoms. The van der Waals surface area contributed by atoms with Crippen molar-refractivity contribution in [2.24, 2.45) is 0 Å². The molecule has 0 amide bonds. The second-order valence-electron chi connectivity index (χ2n) is 20.9. The zero-order valence-corrected chi connectivity index (χ0v) is 50.6. The predicted octanol–water partition coefficient (Wildman–Crippen LogP) is 22.2. The van der Waals surface area contributed by atoms with Gasteiger partial charge in [-0.2, -0.15) is 0 Å². The smallest absolute Gasteiger partial charge is 0.306 e. The molecule has 0 aliphatic carbocycles. The second-order valence-corrected chi connectivity index (χ2v) is 20.9. The molecule has 0 aromatic rings. The number of carbonyl (C=O) groups excluding carboxylic acids is 3. The predicted molar refractivity (Wildman–Crippen MR) is 339 cm³/mol. The molecule has 1 unspecified atom stereocenters. The first-order chi connectivity index (χ1) is 38.5. The maximum Gasteiger partial charge on any atom is 0.306 e. The molecule has 0 saturated heterocycles. The van der Waals surface area contributed by atoms with Crippen LogP contribution in [-0.2, 0) is 28.6 Å². The average Bonchev–Trinajstić information content (AvgIpc) is 3.44. The highest BCUT2D eigenvalue weighted by atomic mass is 16.6. The van der Waals surface area contributed by atoms with Crippen molar-refractivity contribution in [1.82, 2.24) is 0 Å². The van der Waals surface area contributed by atoms with Crippen LogP contribution in [0.15, 0.2) is 134 Å². The third-order valence-corrected chi connectivity index (χ3v) is 13.4. The highest BCUT2D eigenvalue weighted by molar-refractivity contribution is 5.71. The highest BCUT2D eigenvalue weighted by Gasteiger charge is 2.19. The maximum atomic E-state index is 12.8. The van der Waals surface area contributed by atoms with Gasteiger partial charge in [0.2, 0.25) is 0 Å². The molecule has 0 fully saturated rings. The fourth-order valence-corrected chi connectivity index (χ4v) is 8.58. The average molecular weight is 1080 g/mol. The largest absolute Gasteiger partial charge is 0.462 e. The van der Waals surface area contributed by atoms with Gasteiger partial charge in [-0.05, 0) is 122 Å². The lowest BCUT2D eigenvalue weighted by Crippen LogP contribution is -2.30. The van der Waals surface area contributed by atoms with Gasteiger partial charge in [-0.15, -0.1) is 0 Å². The minimum atomic E-state index is -0.792. The fraction of sp³-hybridized carbons (Fsp3) is 0.653. The number of carbonyl (C=O) groups is 3. The summed E-state index contributed by atoms with van der Waals surface area (Å²) in [7, 11) is 0. The van der Waals surface area contributed by atoms with E-state index in [1.54, 1.807) is 0 Å². The SMILES string of the molecule is CC/C=C\C/C=C\C/C=C\C/C=C\C/C=C\C/C=C\C/C=C\C/C=C\C/C=C\C/C=C\CCCCCCC(=O)OCC(COC(=O)CCCCCCCCC)OC(=O)CCCCCCCCC/C=C\CCCCCCCCC. The zero-order chi connectivity index (χ0) is 56.4. The van der Waals surface area contributed by atoms with Crippen molar-refractivity contribution in [3.05, 3.63) is 134 Å². The topological polar surface area (TPSA) is 78.9 Å². The Bertz CT molecular complexity index is 1670. The van der Waals surface area contributed by atoms with E-state index in [1.807, 2.05) is 0 Å². The van der Waals surface area contributed by atoms with Crippen molar-refractivity contribution in [2.45, 2.75) is 290 Å². The maximum absolute atomic E-state index is 12.8. The number of hydrogen-bond acceptors (Lipinski definition) is 6. The van der Waals surface area contributed by atoms with Crippen molar-refractivity contribution in [2.75, 3.05) is 13.2 Å². The van der Waals surface area contributed by atoms with Gasteiger partial charge in [-0.1, -0.05) is 276 Å². The molecule has 6 nitrogen and oxygen atoms in total. The van der Waals surface area contributed by atoms with Gasteiger partial charge in [-0.25, -0.2) is 0 Å². The molecule has 0 aromatic heterocycles. The van der Waals surface area contributed by atoms with Crippen LogP contribution in [-0.4, -0.2) is 37.2 Å². The molecule has 442 valence electrons. The van der Waals surface area contributed by atoms with E-state index in [4.69, 9.17) is 14.2 Å². The lowest BCUT2D eigenvalue weighted by Gasteiger charge is -2.18. The summed E-state index contributed by atoms with van der Waals surface area (Å²) in [5.74, 6) is -0.925. The molecule has 0 heterocycles. The molecule has 0 aliphatic heterocycles. The van der Waals surface area contributed by atoms with Crippen LogP contribution in [0.2, 0.25) is 0 Å². The van der Waals surface area contributed by atoms with Gasteiger partial charge >= 0.3 is 17.9 Å². The molecule has 0 aromatic carbocycles. The molecule has 0 saturated carbocycles. The molecular formula is C72H118O6. The van der Waals surface area contributed by atoms with Gasteiger partial charge < -0.3 is 14.2 Å². The Morgan fingerprint density at radius 1 is 0.269 bits per heavy atom. The van der Waals surface area contributed by atoms with Gasteiger partial charge in [0.25, 0.3) is 0 Å². The highest BCUT2D eigenvalue weighted by Crippen LogP contribution is 2.15. The molecular weight excluding hydrogens is 961 g/mol. The summed E-state index contributed by atoms with van der Waals surface area (Å²) in [4.78, 5) is 38.0. The first kappa shape index (κ1) is 73.5. The van der Waals surface area contributed by atoms with Crippen LogP contribution in [0.4, 0.5) is 0 Å². The van der Waals surface area contributed by atoms with Gasteiger partial charge in [0.05, 0.1) is 0 Å². The van der Waals surface area contributed by atoms with Gasteiger partial charge in [0, 0.05) is 19.3 Å². The van der Waals surface area contributed by atoms with Crippen LogP contribution >= 0.6 is 0 Å². The minimum Gasteiger partial charge on any atom is -0.462 e. The summed E-state index contributed by atoms with van der Waals surface area (Å²) in [6.45, 7) is 6.46. The van der Waals surface area contributed by atoms with E-state index >= 15 is 0 Å². The lowest BCUT2D eigenvalue weighted by molar-refractivity contribution is -0.167.